The lowest BCUT2D eigenvalue weighted by Gasteiger charge is -2.21. The maximum absolute atomic E-state index is 13.9. The van der Waals surface area contributed by atoms with Gasteiger partial charge in [0.15, 0.2) is 9.84 Å². The van der Waals surface area contributed by atoms with Crippen LogP contribution in [0.3, 0.4) is 0 Å². The molecule has 1 unspecified atom stereocenters. The average Bonchev–Trinajstić information content (AvgIpc) is 3.25. The number of aromatic amines is 1. The zero-order valence-corrected chi connectivity index (χ0v) is 19.5. The molecule has 0 aliphatic rings. The van der Waals surface area contributed by atoms with Gasteiger partial charge in [-0.1, -0.05) is 66.2 Å². The summed E-state index contributed by atoms with van der Waals surface area (Å²) in [7, 11) is -4.40. The fourth-order valence-corrected chi connectivity index (χ4v) is 5.84. The largest absolute Gasteiger partial charge is 0.431 e. The molecule has 1 N–H and O–H groups in total. The molecule has 0 bridgehead atoms. The molecule has 10 heteroatoms. The number of nitrogens with one attached hydrogen (secondary N) is 1. The van der Waals surface area contributed by atoms with Gasteiger partial charge in [-0.25, -0.2) is 8.42 Å². The Bertz CT molecular complexity index is 1470. The topological polar surface area (TPSA) is 49.9 Å². The highest BCUT2D eigenvalue weighted by molar-refractivity contribution is 7.92. The van der Waals surface area contributed by atoms with Crippen LogP contribution < -0.4 is 0 Å². The summed E-state index contributed by atoms with van der Waals surface area (Å²) in [5, 5.41) is -1.72. The van der Waals surface area contributed by atoms with Crippen molar-refractivity contribution in [1.29, 1.82) is 0 Å². The summed E-state index contributed by atoms with van der Waals surface area (Å²) in [5.41, 5.74) is -3.28. The van der Waals surface area contributed by atoms with E-state index in [2.05, 4.69) is 0 Å². The minimum Gasteiger partial charge on any atom is -0.351 e. The van der Waals surface area contributed by atoms with Gasteiger partial charge < -0.3 is 4.98 Å². The zero-order chi connectivity index (χ0) is 26.3. The van der Waals surface area contributed by atoms with Crippen molar-refractivity contribution in [2.45, 2.75) is 29.4 Å². The third-order valence-corrected chi connectivity index (χ3v) is 7.78. The van der Waals surface area contributed by atoms with Crippen LogP contribution in [0.4, 0.5) is 26.3 Å². The molecular weight excluding hydrogens is 504 g/mol. The third kappa shape index (κ3) is 4.90. The Morgan fingerprint density at radius 3 is 1.92 bits per heavy atom. The first kappa shape index (κ1) is 25.6. The van der Waals surface area contributed by atoms with E-state index in [9.17, 15) is 34.8 Å². The molecule has 1 heterocycles. The first-order chi connectivity index (χ1) is 16.8. The summed E-state index contributed by atoms with van der Waals surface area (Å²) in [4.78, 5) is 1.87. The summed E-state index contributed by atoms with van der Waals surface area (Å²) >= 11 is 0. The Morgan fingerprint density at radius 1 is 0.750 bits per heavy atom. The lowest BCUT2D eigenvalue weighted by atomic mass is 9.97. The van der Waals surface area contributed by atoms with Crippen LogP contribution in [0.25, 0.3) is 11.3 Å². The highest BCUT2D eigenvalue weighted by Crippen LogP contribution is 2.45. The van der Waals surface area contributed by atoms with Crippen LogP contribution in [0.15, 0.2) is 89.8 Å². The molecular formula is C26H19F6NO2S. The van der Waals surface area contributed by atoms with Gasteiger partial charge in [-0.15, -0.1) is 0 Å². The van der Waals surface area contributed by atoms with Crippen molar-refractivity contribution in [2.24, 2.45) is 0 Å². The molecule has 3 nitrogen and oxygen atoms in total. The van der Waals surface area contributed by atoms with Crippen LogP contribution in [-0.2, 0) is 22.2 Å². The maximum atomic E-state index is 13.9. The summed E-state index contributed by atoms with van der Waals surface area (Å²) < 4.78 is 110. The van der Waals surface area contributed by atoms with Crippen LogP contribution in [-0.4, -0.2) is 13.4 Å². The fourth-order valence-electron chi connectivity index (χ4n) is 4.02. The van der Waals surface area contributed by atoms with Crippen molar-refractivity contribution in [2.75, 3.05) is 0 Å². The monoisotopic (exact) mass is 523 g/mol. The van der Waals surface area contributed by atoms with Crippen molar-refractivity contribution in [1.82, 2.24) is 4.98 Å². The van der Waals surface area contributed by atoms with Crippen molar-refractivity contribution < 1.29 is 34.8 Å². The highest BCUT2D eigenvalue weighted by atomic mass is 32.2. The molecule has 0 amide bonds. The van der Waals surface area contributed by atoms with E-state index < -0.39 is 55.5 Å². The van der Waals surface area contributed by atoms with Gasteiger partial charge in [-0.3, -0.25) is 0 Å². The van der Waals surface area contributed by atoms with E-state index in [1.54, 1.807) is 13.0 Å². The number of hydrogen-bond acceptors (Lipinski definition) is 2. The molecule has 4 aromatic rings. The number of sulfone groups is 1. The number of H-pyrrole nitrogens is 1. The Kier molecular flexibility index (Phi) is 6.51. The normalized spacial score (nSPS) is 13.5. The van der Waals surface area contributed by atoms with Crippen molar-refractivity contribution >= 4 is 9.84 Å². The first-order valence-corrected chi connectivity index (χ1v) is 12.2. The fraction of sp³-hybridized carbons (Fsp3) is 0.154. The van der Waals surface area contributed by atoms with E-state index in [0.717, 1.165) is 23.8 Å². The van der Waals surface area contributed by atoms with E-state index in [0.29, 0.717) is 6.07 Å². The van der Waals surface area contributed by atoms with Gasteiger partial charge in [0.2, 0.25) is 0 Å². The molecule has 0 fully saturated rings. The van der Waals surface area contributed by atoms with Gasteiger partial charge in [-0.05, 0) is 36.8 Å². The molecule has 0 aliphatic carbocycles. The van der Waals surface area contributed by atoms with E-state index >= 15 is 0 Å². The molecule has 188 valence electrons. The number of alkyl halides is 6. The van der Waals surface area contributed by atoms with Gasteiger partial charge in [0, 0.05) is 11.1 Å². The van der Waals surface area contributed by atoms with Crippen molar-refractivity contribution in [3.8, 4) is 11.3 Å². The standard InChI is InChI=1S/C26H19F6NO2S/c1-16-11-13-18(14-12-16)36(34,35)24(17-7-3-2-4-8-17)20-15-22(26(30,31)32)33-23(20)19-9-5-6-10-21(19)25(27,28)29/h2-15,24,33H,1H3. The second kappa shape index (κ2) is 9.16. The van der Waals surface area contributed by atoms with E-state index in [-0.39, 0.29) is 10.5 Å². The van der Waals surface area contributed by atoms with Crippen LogP contribution in [0.1, 0.15) is 33.2 Å². The van der Waals surface area contributed by atoms with Gasteiger partial charge >= 0.3 is 12.4 Å². The number of aromatic nitrogens is 1. The molecule has 0 saturated carbocycles. The second-order valence-electron chi connectivity index (χ2n) is 8.20. The number of rotatable bonds is 5. The number of halogens is 6. The molecule has 0 radical (unpaired) electrons. The van der Waals surface area contributed by atoms with Gasteiger partial charge in [0.1, 0.15) is 10.9 Å². The molecule has 3 aromatic carbocycles. The van der Waals surface area contributed by atoms with Crippen molar-refractivity contribution in [3.05, 3.63) is 113 Å². The first-order valence-electron chi connectivity index (χ1n) is 10.6. The van der Waals surface area contributed by atoms with E-state index in [4.69, 9.17) is 0 Å². The van der Waals surface area contributed by atoms with Crippen LogP contribution in [0, 0.1) is 6.92 Å². The lowest BCUT2D eigenvalue weighted by Crippen LogP contribution is -2.16. The molecule has 0 aliphatic heterocycles. The number of hydrogen-bond donors (Lipinski definition) is 1. The quantitative estimate of drug-likeness (QED) is 0.274. The summed E-state index contributed by atoms with van der Waals surface area (Å²) in [5.74, 6) is 0. The molecule has 4 rings (SSSR count). The minimum atomic E-state index is -4.96. The third-order valence-electron chi connectivity index (χ3n) is 5.70. The number of aryl methyl sites for hydroxylation is 1. The summed E-state index contributed by atoms with van der Waals surface area (Å²) in [6, 6.07) is 17.8. The van der Waals surface area contributed by atoms with Gasteiger partial charge in [0.25, 0.3) is 0 Å². The zero-order valence-electron chi connectivity index (χ0n) is 18.7. The summed E-state index contributed by atoms with van der Waals surface area (Å²) in [6.07, 6.45) is -9.86. The smallest absolute Gasteiger partial charge is 0.351 e. The Morgan fingerprint density at radius 2 is 1.33 bits per heavy atom. The predicted octanol–water partition coefficient (Wildman–Crippen LogP) is 7.59. The van der Waals surface area contributed by atoms with E-state index in [1.165, 1.54) is 54.6 Å². The maximum Gasteiger partial charge on any atom is 0.431 e. The lowest BCUT2D eigenvalue weighted by molar-refractivity contribution is -0.140. The highest BCUT2D eigenvalue weighted by Gasteiger charge is 2.41. The second-order valence-corrected chi connectivity index (χ2v) is 10.2. The van der Waals surface area contributed by atoms with Crippen molar-refractivity contribution in [3.63, 3.8) is 0 Å². The number of benzene rings is 3. The Labute approximate surface area is 203 Å². The predicted molar refractivity (Wildman–Crippen MR) is 123 cm³/mol. The molecule has 1 atom stereocenters. The van der Waals surface area contributed by atoms with Gasteiger partial charge in [-0.2, -0.15) is 26.3 Å². The SMILES string of the molecule is Cc1ccc(S(=O)(=O)C(c2ccccc2)c2cc(C(F)(F)F)[nH]c2-c2ccccc2C(F)(F)F)cc1. The average molecular weight is 523 g/mol. The molecule has 36 heavy (non-hydrogen) atoms. The molecule has 0 saturated heterocycles. The van der Waals surface area contributed by atoms with Crippen LogP contribution in [0.2, 0.25) is 0 Å². The Hall–Kier alpha value is -3.53. The minimum absolute atomic E-state index is 0.108. The van der Waals surface area contributed by atoms with Crippen LogP contribution >= 0.6 is 0 Å². The van der Waals surface area contributed by atoms with Crippen LogP contribution in [0.5, 0.6) is 0 Å². The summed E-state index contributed by atoms with van der Waals surface area (Å²) in [6.45, 7) is 1.74. The Balaban J connectivity index is 2.07. The molecule has 1 aromatic heterocycles. The van der Waals surface area contributed by atoms with Gasteiger partial charge in [0.05, 0.1) is 16.2 Å². The van der Waals surface area contributed by atoms with E-state index in [1.807, 2.05) is 4.98 Å². The molecule has 0 spiro atoms.